The molecule has 0 unspecified atom stereocenters. The van der Waals surface area contributed by atoms with Gasteiger partial charge in [-0.15, -0.1) is 5.28 Å². The summed E-state index contributed by atoms with van der Waals surface area (Å²) in [5, 5.41) is 17.5. The molecule has 114 valence electrons. The van der Waals surface area contributed by atoms with Crippen LogP contribution in [0.15, 0.2) is 0 Å². The van der Waals surface area contributed by atoms with E-state index in [0.29, 0.717) is 0 Å². The minimum absolute atomic E-state index is 0.312. The fourth-order valence-electron chi connectivity index (χ4n) is 0.847. The summed E-state index contributed by atoms with van der Waals surface area (Å²) < 4.78 is 0. The molecule has 0 radical (unpaired) electrons. The Bertz CT molecular complexity index is 318. The number of carbonyl (C=O) groups excluding carboxylic acids is 3. The Balaban J connectivity index is -0.000000251. The number of aliphatic carboxylic acids is 2. The van der Waals surface area contributed by atoms with Crippen LogP contribution in [-0.2, 0) is 24.0 Å². The number of carboxylic acid groups (broad SMARTS) is 2. The van der Waals surface area contributed by atoms with Crippen molar-refractivity contribution in [2.75, 3.05) is 0 Å². The molecule has 0 saturated heterocycles. The van der Waals surface area contributed by atoms with Gasteiger partial charge in [-0.05, 0) is 20.8 Å². The normalized spacial score (nSPS) is 8.45. The number of ketones is 3. The van der Waals surface area contributed by atoms with Crippen LogP contribution in [0.25, 0.3) is 0 Å². The molecule has 0 aromatic heterocycles. The van der Waals surface area contributed by atoms with E-state index in [-0.39, 0.29) is 12.2 Å². The van der Waals surface area contributed by atoms with E-state index >= 15 is 0 Å². The molecule has 0 heterocycles. The lowest BCUT2D eigenvalue weighted by Gasteiger charge is -2.01. The van der Waals surface area contributed by atoms with Crippen molar-refractivity contribution in [3.8, 4) is 0 Å². The van der Waals surface area contributed by atoms with Crippen LogP contribution in [0.1, 0.15) is 34.1 Å². The molecule has 7 nitrogen and oxygen atoms in total. The summed E-state index contributed by atoms with van der Waals surface area (Å²) in [6.07, 6.45) is -0.361. The van der Waals surface area contributed by atoms with E-state index in [1.165, 1.54) is 28.5 Å². The topological polar surface area (TPSA) is 126 Å². The van der Waals surface area contributed by atoms with Crippen LogP contribution >= 0.6 is 0 Å². The van der Waals surface area contributed by atoms with Gasteiger partial charge in [-0.1, -0.05) is 6.92 Å². The van der Waals surface area contributed by atoms with Crippen LogP contribution in [0.5, 0.6) is 0 Å². The molecular weight excluding hydrogens is 283 g/mol. The standard InChI is InChI=1S/C6H8O4.C4H6O3.C2H5.Al.2H/c1-3(7)5(4(2)8)6(9)10;1-3(5)2-4(6)7;1-2;;;/h5H,1-2H3,(H,9,10);2H2,1H3,(H,6,7);1H2,2H3;;;. The van der Waals surface area contributed by atoms with E-state index in [0.717, 1.165) is 13.8 Å². The maximum Gasteiger partial charge on any atom is 0.321 e. The fourth-order valence-corrected chi connectivity index (χ4v) is 0.847. The minimum atomic E-state index is -1.47. The van der Waals surface area contributed by atoms with Crippen molar-refractivity contribution >= 4 is 45.6 Å². The Hall–Kier alpha value is -1.52. The van der Waals surface area contributed by atoms with Crippen molar-refractivity contribution in [2.45, 2.75) is 39.4 Å². The second-order valence-electron chi connectivity index (χ2n) is 3.97. The Morgan fingerprint density at radius 2 is 1.25 bits per heavy atom. The average molecular weight is 304 g/mol. The Labute approximate surface area is 125 Å². The summed E-state index contributed by atoms with van der Waals surface area (Å²) in [4.78, 5) is 50.5. The van der Waals surface area contributed by atoms with Crippen LogP contribution in [0, 0.1) is 5.92 Å². The first-order chi connectivity index (χ1) is 9.00. The predicted molar refractivity (Wildman–Crippen MR) is 74.4 cm³/mol. The molecule has 0 amide bonds. The Morgan fingerprint density at radius 3 is 1.25 bits per heavy atom. The third-order valence-electron chi connectivity index (χ3n) is 1.46. The first-order valence-electron chi connectivity index (χ1n) is 5.96. The van der Waals surface area contributed by atoms with Crippen molar-refractivity contribution in [3.63, 3.8) is 0 Å². The van der Waals surface area contributed by atoms with E-state index < -0.39 is 29.4 Å². The summed E-state index contributed by atoms with van der Waals surface area (Å²) in [6.45, 7) is 5.60. The van der Waals surface area contributed by atoms with E-state index in [4.69, 9.17) is 10.2 Å². The molecule has 0 aliphatic heterocycles. The first kappa shape index (κ1) is 23.6. The van der Waals surface area contributed by atoms with Crippen LogP contribution in [-0.4, -0.2) is 55.8 Å². The number of Topliss-reactive ketones (excluding diaryl/α,β-unsaturated/α-hetero) is 3. The maximum absolute atomic E-state index is 10.4. The van der Waals surface area contributed by atoms with Gasteiger partial charge in [0.15, 0.2) is 17.5 Å². The van der Waals surface area contributed by atoms with Gasteiger partial charge in [0, 0.05) is 0 Å². The highest BCUT2D eigenvalue weighted by Crippen LogP contribution is 1.99. The summed E-state index contributed by atoms with van der Waals surface area (Å²) >= 11 is 1.37. The minimum Gasteiger partial charge on any atom is -0.481 e. The fraction of sp³-hybridized carbons (Fsp3) is 0.583. The molecule has 0 bridgehead atoms. The van der Waals surface area contributed by atoms with E-state index in [1.54, 1.807) is 0 Å². The lowest BCUT2D eigenvalue weighted by atomic mass is 10.0. The first-order valence-corrected chi connectivity index (χ1v) is 7.37. The van der Waals surface area contributed by atoms with Gasteiger partial charge in [0.1, 0.15) is 12.2 Å². The van der Waals surface area contributed by atoms with Crippen molar-refractivity contribution in [2.24, 2.45) is 5.92 Å². The third-order valence-corrected chi connectivity index (χ3v) is 1.46. The summed E-state index contributed by atoms with van der Waals surface area (Å²) in [6, 6.07) is 0. The second-order valence-corrected chi connectivity index (χ2v) is 5.39. The van der Waals surface area contributed by atoms with Gasteiger partial charge >= 0.3 is 11.9 Å². The molecule has 2 N–H and O–H groups in total. The van der Waals surface area contributed by atoms with E-state index in [9.17, 15) is 24.0 Å². The quantitative estimate of drug-likeness (QED) is 0.539. The molecule has 0 aromatic carbocycles. The molecular formula is C12H21AlO7. The molecule has 8 heteroatoms. The predicted octanol–water partition coefficient (Wildman–Crippen LogP) is -0.0270. The maximum atomic E-state index is 10.4. The van der Waals surface area contributed by atoms with Gasteiger partial charge in [-0.25, -0.2) is 0 Å². The summed E-state index contributed by atoms with van der Waals surface area (Å²) in [5.41, 5.74) is 0. The van der Waals surface area contributed by atoms with E-state index in [2.05, 4.69) is 6.92 Å². The van der Waals surface area contributed by atoms with Crippen LogP contribution in [0.4, 0.5) is 0 Å². The molecule has 0 fully saturated rings. The Morgan fingerprint density at radius 1 is 0.950 bits per heavy atom. The third kappa shape index (κ3) is 18.8. The highest BCUT2D eigenvalue weighted by atomic mass is 27.0. The average Bonchev–Trinajstić information content (AvgIpc) is 2.13. The van der Waals surface area contributed by atoms with Crippen molar-refractivity contribution in [3.05, 3.63) is 0 Å². The molecule has 0 aliphatic rings. The van der Waals surface area contributed by atoms with Crippen molar-refractivity contribution < 1.29 is 34.2 Å². The van der Waals surface area contributed by atoms with Crippen LogP contribution in [0.3, 0.4) is 0 Å². The lowest BCUT2D eigenvalue weighted by molar-refractivity contribution is -0.149. The monoisotopic (exact) mass is 304 g/mol. The zero-order valence-corrected chi connectivity index (χ0v) is 14.4. The molecule has 0 aromatic rings. The molecule has 20 heavy (non-hydrogen) atoms. The van der Waals surface area contributed by atoms with Crippen LogP contribution in [0.2, 0.25) is 5.28 Å². The van der Waals surface area contributed by atoms with Gasteiger partial charge in [0.2, 0.25) is 16.3 Å². The second kappa shape index (κ2) is 13.9. The largest absolute Gasteiger partial charge is 0.481 e. The van der Waals surface area contributed by atoms with Gasteiger partial charge in [-0.3, -0.25) is 24.0 Å². The van der Waals surface area contributed by atoms with Gasteiger partial charge < -0.3 is 10.2 Å². The highest BCUT2D eigenvalue weighted by molar-refractivity contribution is 6.15. The SMILES string of the molecule is CC(=O)C(C(C)=O)C(=O)O.CC(=O)CC(=O)O.C[CH2][AlH2]. The molecule has 0 saturated carbocycles. The van der Waals surface area contributed by atoms with Crippen LogP contribution < -0.4 is 0 Å². The van der Waals surface area contributed by atoms with Gasteiger partial charge in [0.05, 0.1) is 0 Å². The van der Waals surface area contributed by atoms with Gasteiger partial charge in [0.25, 0.3) is 0 Å². The number of carboxylic acids is 2. The molecule has 0 aliphatic carbocycles. The number of hydrogen-bond donors (Lipinski definition) is 2. The Kier molecular flexibility index (Phi) is 16.4. The van der Waals surface area contributed by atoms with Crippen molar-refractivity contribution in [1.29, 1.82) is 0 Å². The number of carbonyl (C=O) groups is 5. The molecule has 0 atom stereocenters. The zero-order valence-electron chi connectivity index (χ0n) is 12.4. The van der Waals surface area contributed by atoms with Gasteiger partial charge in [-0.2, -0.15) is 0 Å². The highest BCUT2D eigenvalue weighted by Gasteiger charge is 2.26. The molecule has 0 rings (SSSR count). The number of hydrogen-bond acceptors (Lipinski definition) is 5. The smallest absolute Gasteiger partial charge is 0.321 e. The summed E-state index contributed by atoms with van der Waals surface area (Å²) in [7, 11) is 0. The lowest BCUT2D eigenvalue weighted by Crippen LogP contribution is -2.27. The van der Waals surface area contributed by atoms with Crippen molar-refractivity contribution in [1.82, 2.24) is 0 Å². The van der Waals surface area contributed by atoms with E-state index in [1.807, 2.05) is 0 Å². The number of rotatable bonds is 5. The molecule has 0 spiro atoms. The zero-order chi connectivity index (χ0) is 16.9. The summed E-state index contributed by atoms with van der Waals surface area (Å²) in [5.74, 6) is -5.47.